The highest BCUT2D eigenvalue weighted by Gasteiger charge is 2.16. The lowest BCUT2D eigenvalue weighted by molar-refractivity contribution is 0.0939. The Balaban J connectivity index is 1.51. The summed E-state index contributed by atoms with van der Waals surface area (Å²) in [4.78, 5) is 25.3. The number of nitrogens with one attached hydrogen (secondary N) is 1. The van der Waals surface area contributed by atoms with Gasteiger partial charge >= 0.3 is 0 Å². The lowest BCUT2D eigenvalue weighted by Crippen LogP contribution is -2.27. The van der Waals surface area contributed by atoms with Gasteiger partial charge in [-0.2, -0.15) is 5.10 Å². The minimum atomic E-state index is -0.236. The third kappa shape index (κ3) is 3.64. The minimum absolute atomic E-state index is 0.217. The van der Waals surface area contributed by atoms with Crippen LogP contribution in [0.15, 0.2) is 79.6 Å². The molecule has 0 fully saturated rings. The van der Waals surface area contributed by atoms with Gasteiger partial charge in [-0.1, -0.05) is 18.2 Å². The summed E-state index contributed by atoms with van der Waals surface area (Å²) in [5.74, 6) is 0.294. The van der Waals surface area contributed by atoms with Crippen molar-refractivity contribution >= 4 is 5.91 Å². The predicted octanol–water partition coefficient (Wildman–Crippen LogP) is 3.22. The van der Waals surface area contributed by atoms with Gasteiger partial charge in [-0.3, -0.25) is 9.78 Å². The quantitative estimate of drug-likeness (QED) is 0.583. The summed E-state index contributed by atoms with van der Waals surface area (Å²) in [5, 5.41) is 7.29. The molecule has 0 saturated heterocycles. The van der Waals surface area contributed by atoms with Gasteiger partial charge in [-0.25, -0.2) is 14.6 Å². The maximum absolute atomic E-state index is 12.6. The molecule has 0 bridgehead atoms. The van der Waals surface area contributed by atoms with Crippen molar-refractivity contribution in [2.45, 2.75) is 13.0 Å². The minimum Gasteiger partial charge on any atom is -0.345 e. The molecule has 4 rings (SSSR count). The van der Waals surface area contributed by atoms with Gasteiger partial charge in [0.15, 0.2) is 5.82 Å². The van der Waals surface area contributed by atoms with Crippen molar-refractivity contribution in [3.63, 3.8) is 0 Å². The van der Waals surface area contributed by atoms with Gasteiger partial charge in [0, 0.05) is 42.7 Å². The molecule has 0 aliphatic carbocycles. The largest absolute Gasteiger partial charge is 0.345 e. The molecular weight excluding hydrogens is 352 g/mol. The molecule has 0 aliphatic heterocycles. The third-order valence-electron chi connectivity index (χ3n) is 4.34. The molecule has 1 atom stereocenters. The lowest BCUT2D eigenvalue weighted by Gasteiger charge is -2.18. The normalized spacial score (nSPS) is 11.8. The van der Waals surface area contributed by atoms with Crippen LogP contribution in [0.1, 0.15) is 28.9 Å². The van der Waals surface area contributed by atoms with E-state index in [1.165, 1.54) is 12.4 Å². The van der Waals surface area contributed by atoms with Crippen LogP contribution in [-0.4, -0.2) is 30.6 Å². The first-order valence-corrected chi connectivity index (χ1v) is 8.84. The van der Waals surface area contributed by atoms with E-state index in [1.807, 2.05) is 55.6 Å². The number of para-hydroxylation sites is 1. The molecule has 138 valence electrons. The van der Waals surface area contributed by atoms with Gasteiger partial charge in [-0.15, -0.1) is 0 Å². The Morgan fingerprint density at radius 1 is 1.00 bits per heavy atom. The van der Waals surface area contributed by atoms with Crippen LogP contribution in [0.4, 0.5) is 0 Å². The Hall–Kier alpha value is -3.87. The van der Waals surface area contributed by atoms with Crippen LogP contribution in [0.25, 0.3) is 17.1 Å². The van der Waals surface area contributed by atoms with E-state index in [2.05, 4.69) is 25.4 Å². The van der Waals surface area contributed by atoms with Crippen molar-refractivity contribution in [2.24, 2.45) is 0 Å². The molecule has 0 unspecified atom stereocenters. The number of hydrogen-bond donors (Lipinski definition) is 1. The van der Waals surface area contributed by atoms with Crippen LogP contribution in [-0.2, 0) is 0 Å². The SMILES string of the molecule is C[C@@H](NC(=O)c1cnc(-c2cccnc2)nc1)c1ccccc1-n1cccn1. The molecule has 0 saturated carbocycles. The van der Waals surface area contributed by atoms with E-state index in [9.17, 15) is 4.79 Å². The highest BCUT2D eigenvalue weighted by Crippen LogP contribution is 2.21. The molecule has 0 radical (unpaired) electrons. The van der Waals surface area contributed by atoms with Gasteiger partial charge in [0.25, 0.3) is 5.91 Å². The number of hydrogen-bond acceptors (Lipinski definition) is 5. The van der Waals surface area contributed by atoms with Crippen LogP contribution < -0.4 is 5.32 Å². The fraction of sp³-hybridized carbons (Fsp3) is 0.0952. The average Bonchev–Trinajstić information content (AvgIpc) is 3.29. The van der Waals surface area contributed by atoms with Crippen LogP contribution in [0.3, 0.4) is 0 Å². The highest BCUT2D eigenvalue weighted by molar-refractivity contribution is 5.94. The van der Waals surface area contributed by atoms with E-state index in [0.717, 1.165) is 16.8 Å². The number of rotatable bonds is 5. The van der Waals surface area contributed by atoms with Crippen molar-refractivity contribution in [3.8, 4) is 17.1 Å². The lowest BCUT2D eigenvalue weighted by atomic mass is 10.1. The summed E-state index contributed by atoms with van der Waals surface area (Å²) in [7, 11) is 0. The summed E-state index contributed by atoms with van der Waals surface area (Å²) in [6.07, 6.45) is 10.0. The summed E-state index contributed by atoms with van der Waals surface area (Å²) in [6, 6.07) is 13.2. The second-order valence-electron chi connectivity index (χ2n) is 6.24. The van der Waals surface area contributed by atoms with Gasteiger partial charge < -0.3 is 5.32 Å². The molecule has 1 aromatic carbocycles. The predicted molar refractivity (Wildman–Crippen MR) is 105 cm³/mol. The van der Waals surface area contributed by atoms with Crippen molar-refractivity contribution in [1.29, 1.82) is 0 Å². The van der Waals surface area contributed by atoms with E-state index in [4.69, 9.17) is 0 Å². The second kappa shape index (κ2) is 7.79. The molecular formula is C21H18N6O. The number of nitrogens with zero attached hydrogens (tertiary/aromatic N) is 5. The molecule has 0 spiro atoms. The number of benzene rings is 1. The van der Waals surface area contributed by atoms with Gasteiger partial charge in [-0.05, 0) is 36.8 Å². The number of pyridine rings is 1. The van der Waals surface area contributed by atoms with Gasteiger partial charge in [0.1, 0.15) is 0 Å². The first kappa shape index (κ1) is 17.5. The van der Waals surface area contributed by atoms with Crippen LogP contribution in [0, 0.1) is 0 Å². The summed E-state index contributed by atoms with van der Waals surface area (Å²) >= 11 is 0. The Morgan fingerprint density at radius 2 is 1.82 bits per heavy atom. The van der Waals surface area contributed by atoms with E-state index in [1.54, 1.807) is 23.3 Å². The second-order valence-corrected chi connectivity index (χ2v) is 6.24. The topological polar surface area (TPSA) is 85.6 Å². The summed E-state index contributed by atoms with van der Waals surface area (Å²) in [5.41, 5.74) is 3.09. The highest BCUT2D eigenvalue weighted by atomic mass is 16.1. The third-order valence-corrected chi connectivity index (χ3v) is 4.34. The molecule has 3 aromatic heterocycles. The Morgan fingerprint density at radius 3 is 2.54 bits per heavy atom. The smallest absolute Gasteiger partial charge is 0.254 e. The fourth-order valence-electron chi connectivity index (χ4n) is 2.92. The first-order valence-electron chi connectivity index (χ1n) is 8.84. The zero-order valence-corrected chi connectivity index (χ0v) is 15.2. The Kier molecular flexibility index (Phi) is 4.88. The van der Waals surface area contributed by atoms with E-state index in [-0.39, 0.29) is 11.9 Å². The van der Waals surface area contributed by atoms with Gasteiger partial charge in [0.05, 0.1) is 17.3 Å². The van der Waals surface area contributed by atoms with Crippen molar-refractivity contribution < 1.29 is 4.79 Å². The summed E-state index contributed by atoms with van der Waals surface area (Å²) in [6.45, 7) is 1.94. The standard InChI is InChI=1S/C21H18N6O/c1-15(18-7-2-3-8-19(18)27-11-5-10-25-27)26-21(28)17-13-23-20(24-14-17)16-6-4-9-22-12-16/h2-15H,1H3,(H,26,28)/t15-/m1/s1. The maximum atomic E-state index is 12.6. The monoisotopic (exact) mass is 370 g/mol. The fourth-order valence-corrected chi connectivity index (χ4v) is 2.92. The van der Waals surface area contributed by atoms with Crippen molar-refractivity contribution in [1.82, 2.24) is 30.0 Å². The van der Waals surface area contributed by atoms with Crippen LogP contribution in [0.2, 0.25) is 0 Å². The van der Waals surface area contributed by atoms with E-state index in [0.29, 0.717) is 11.4 Å². The van der Waals surface area contributed by atoms with Crippen LogP contribution in [0.5, 0.6) is 0 Å². The zero-order chi connectivity index (χ0) is 19.3. The number of carbonyl (C=O) groups is 1. The van der Waals surface area contributed by atoms with E-state index >= 15 is 0 Å². The molecule has 7 heteroatoms. The zero-order valence-electron chi connectivity index (χ0n) is 15.2. The molecule has 1 amide bonds. The molecule has 7 nitrogen and oxygen atoms in total. The molecule has 1 N–H and O–H groups in total. The molecule has 4 aromatic rings. The average molecular weight is 370 g/mol. The van der Waals surface area contributed by atoms with E-state index < -0.39 is 0 Å². The van der Waals surface area contributed by atoms with Gasteiger partial charge in [0.2, 0.25) is 0 Å². The van der Waals surface area contributed by atoms with Crippen molar-refractivity contribution in [2.75, 3.05) is 0 Å². The molecule has 3 heterocycles. The first-order chi connectivity index (χ1) is 13.7. The van der Waals surface area contributed by atoms with Crippen LogP contribution >= 0.6 is 0 Å². The Bertz CT molecular complexity index is 1060. The summed E-state index contributed by atoms with van der Waals surface area (Å²) < 4.78 is 1.78. The Labute approximate surface area is 162 Å². The number of amides is 1. The number of aromatic nitrogens is 5. The molecule has 0 aliphatic rings. The molecule has 28 heavy (non-hydrogen) atoms. The maximum Gasteiger partial charge on any atom is 0.254 e. The number of carbonyl (C=O) groups excluding carboxylic acids is 1. The van der Waals surface area contributed by atoms with Crippen molar-refractivity contribution in [3.05, 3.63) is 90.8 Å².